The summed E-state index contributed by atoms with van der Waals surface area (Å²) in [6, 6.07) is 11.6. The number of fused-ring (bicyclic) bond motifs is 2. The van der Waals surface area contributed by atoms with Crippen LogP contribution in [0.1, 0.15) is 50.5 Å². The fourth-order valence-corrected chi connectivity index (χ4v) is 4.34. The summed E-state index contributed by atoms with van der Waals surface area (Å²) in [5, 5.41) is 16.4. The van der Waals surface area contributed by atoms with Crippen molar-refractivity contribution < 1.29 is 23.1 Å². The van der Waals surface area contributed by atoms with Crippen molar-refractivity contribution in [3.05, 3.63) is 65.0 Å². The molecule has 2 aromatic carbocycles. The van der Waals surface area contributed by atoms with E-state index in [1.54, 1.807) is 0 Å². The normalized spacial score (nSPS) is 14.7. The molecule has 0 bridgehead atoms. The average Bonchev–Trinajstić information content (AvgIpc) is 3.64. The van der Waals surface area contributed by atoms with Crippen LogP contribution >= 0.6 is 11.6 Å². The minimum atomic E-state index is -3.81. The fraction of sp³-hybridized carbons (Fsp3) is 0.407. The Balaban J connectivity index is 0.000000195. The molecule has 200 valence electrons. The van der Waals surface area contributed by atoms with E-state index in [1.165, 1.54) is 44.1 Å². The van der Waals surface area contributed by atoms with Gasteiger partial charge in [-0.3, -0.25) is 9.48 Å². The third-order valence-electron chi connectivity index (χ3n) is 6.17. The highest BCUT2D eigenvalue weighted by Gasteiger charge is 2.42. The topological polar surface area (TPSA) is 97.5 Å². The van der Waals surface area contributed by atoms with Crippen LogP contribution in [-0.4, -0.2) is 45.3 Å². The molecule has 10 heteroatoms. The summed E-state index contributed by atoms with van der Waals surface area (Å²) >= 11 is 5.68. The SMILES string of the molecule is CC.Cn1ncc2cc(C(O)CCN3CCCC3)ccc21.NC(=O)C(F)(F)c1cc2cc(Cl)ccc2o1. The van der Waals surface area contributed by atoms with E-state index in [9.17, 15) is 18.7 Å². The van der Waals surface area contributed by atoms with Gasteiger partial charge in [-0.05, 0) is 74.3 Å². The number of furan rings is 1. The van der Waals surface area contributed by atoms with Gasteiger partial charge in [0.15, 0.2) is 5.76 Å². The third kappa shape index (κ3) is 6.85. The minimum Gasteiger partial charge on any atom is -0.454 e. The van der Waals surface area contributed by atoms with Gasteiger partial charge in [0.05, 0.1) is 17.8 Å². The first kappa shape index (κ1) is 28.6. The maximum Gasteiger partial charge on any atom is 0.380 e. The minimum absolute atomic E-state index is 0.223. The van der Waals surface area contributed by atoms with Crippen molar-refractivity contribution in [2.45, 2.75) is 45.1 Å². The van der Waals surface area contributed by atoms with Crippen LogP contribution in [0.5, 0.6) is 0 Å². The monoisotopic (exact) mass is 534 g/mol. The molecule has 1 amide bonds. The number of nitrogens with zero attached hydrogens (tertiary/aromatic N) is 3. The van der Waals surface area contributed by atoms with Gasteiger partial charge < -0.3 is 20.2 Å². The number of hydrogen-bond donors (Lipinski definition) is 2. The molecule has 1 saturated heterocycles. The Morgan fingerprint density at radius 2 is 1.86 bits per heavy atom. The van der Waals surface area contributed by atoms with E-state index in [0.717, 1.165) is 35.5 Å². The lowest BCUT2D eigenvalue weighted by atomic mass is 10.0. The van der Waals surface area contributed by atoms with Crippen LogP contribution in [0.4, 0.5) is 8.78 Å². The van der Waals surface area contributed by atoms with Crippen molar-refractivity contribution in [2.24, 2.45) is 12.8 Å². The molecule has 2 aromatic heterocycles. The lowest BCUT2D eigenvalue weighted by Gasteiger charge is -2.17. The summed E-state index contributed by atoms with van der Waals surface area (Å²) in [6.45, 7) is 7.37. The summed E-state index contributed by atoms with van der Waals surface area (Å²) in [7, 11) is 1.94. The second-order valence-electron chi connectivity index (χ2n) is 8.67. The first-order chi connectivity index (χ1) is 17.6. The summed E-state index contributed by atoms with van der Waals surface area (Å²) in [5.74, 6) is -6.35. The molecule has 7 nitrogen and oxygen atoms in total. The number of aliphatic hydroxyl groups is 1. The van der Waals surface area contributed by atoms with Gasteiger partial charge in [-0.15, -0.1) is 0 Å². The summed E-state index contributed by atoms with van der Waals surface area (Å²) in [4.78, 5) is 13.0. The Labute approximate surface area is 219 Å². The predicted molar refractivity (Wildman–Crippen MR) is 142 cm³/mol. The van der Waals surface area contributed by atoms with E-state index >= 15 is 0 Å². The van der Waals surface area contributed by atoms with Gasteiger partial charge in [0.1, 0.15) is 5.58 Å². The van der Waals surface area contributed by atoms with Crippen molar-refractivity contribution >= 4 is 39.4 Å². The van der Waals surface area contributed by atoms with Crippen molar-refractivity contribution in [3.63, 3.8) is 0 Å². The zero-order chi connectivity index (χ0) is 27.2. The number of nitrogens with two attached hydrogens (primary N) is 1. The van der Waals surface area contributed by atoms with Crippen molar-refractivity contribution in [2.75, 3.05) is 19.6 Å². The highest BCUT2D eigenvalue weighted by atomic mass is 35.5. The Morgan fingerprint density at radius 1 is 1.16 bits per heavy atom. The van der Waals surface area contributed by atoms with E-state index in [0.29, 0.717) is 10.4 Å². The molecule has 3 heterocycles. The van der Waals surface area contributed by atoms with Crippen LogP contribution in [0, 0.1) is 0 Å². The van der Waals surface area contributed by atoms with Crippen LogP contribution in [0.15, 0.2) is 53.1 Å². The number of aryl methyl sites for hydroxylation is 1. The van der Waals surface area contributed by atoms with Crippen molar-refractivity contribution in [1.29, 1.82) is 0 Å². The Bertz CT molecular complexity index is 1330. The predicted octanol–water partition coefficient (Wildman–Crippen LogP) is 5.78. The molecule has 1 atom stereocenters. The number of primary amides is 1. The number of benzene rings is 2. The molecular formula is C27H33ClF2N4O3. The quantitative estimate of drug-likeness (QED) is 0.327. The Hall–Kier alpha value is -3.01. The van der Waals surface area contributed by atoms with Crippen molar-refractivity contribution in [1.82, 2.24) is 14.7 Å². The van der Waals surface area contributed by atoms with Gasteiger partial charge >= 0.3 is 5.92 Å². The molecule has 5 rings (SSSR count). The molecule has 0 spiro atoms. The third-order valence-corrected chi connectivity index (χ3v) is 6.40. The molecule has 1 unspecified atom stereocenters. The number of aromatic nitrogens is 2. The lowest BCUT2D eigenvalue weighted by molar-refractivity contribution is -0.145. The van der Waals surface area contributed by atoms with E-state index < -0.39 is 17.6 Å². The molecule has 37 heavy (non-hydrogen) atoms. The number of hydrogen-bond acceptors (Lipinski definition) is 5. The number of halogens is 3. The molecule has 1 aliphatic heterocycles. The van der Waals surface area contributed by atoms with Gasteiger partial charge in [-0.1, -0.05) is 31.5 Å². The van der Waals surface area contributed by atoms with E-state index in [4.69, 9.17) is 16.0 Å². The number of rotatable bonds is 6. The van der Waals surface area contributed by atoms with Gasteiger partial charge in [-0.2, -0.15) is 13.9 Å². The molecule has 1 aliphatic rings. The molecule has 0 radical (unpaired) electrons. The lowest BCUT2D eigenvalue weighted by Crippen LogP contribution is -2.32. The first-order valence-corrected chi connectivity index (χ1v) is 12.7. The summed E-state index contributed by atoms with van der Waals surface area (Å²) in [5.41, 5.74) is 6.91. The van der Waals surface area contributed by atoms with Crippen molar-refractivity contribution in [3.8, 4) is 0 Å². The average molecular weight is 535 g/mol. The molecule has 3 N–H and O–H groups in total. The number of carbonyl (C=O) groups excluding carboxylic acids is 1. The summed E-state index contributed by atoms with van der Waals surface area (Å²) in [6.07, 6.45) is 4.90. The first-order valence-electron chi connectivity index (χ1n) is 12.3. The number of carbonyl (C=O) groups is 1. The number of alkyl halides is 2. The second-order valence-corrected chi connectivity index (χ2v) is 9.11. The number of likely N-dealkylation sites (tertiary alicyclic amines) is 1. The van der Waals surface area contributed by atoms with Crippen LogP contribution in [-0.2, 0) is 17.8 Å². The molecule has 0 saturated carbocycles. The Morgan fingerprint density at radius 3 is 2.54 bits per heavy atom. The van der Waals surface area contributed by atoms with Crippen LogP contribution < -0.4 is 5.73 Å². The van der Waals surface area contributed by atoms with Gasteiger partial charge in [-0.25, -0.2) is 0 Å². The molecule has 4 aromatic rings. The highest BCUT2D eigenvalue weighted by Crippen LogP contribution is 2.33. The molecule has 1 fully saturated rings. The standard InChI is InChI=1S/C15H21N3O.C10H6ClF2NO2.C2H6/c1-17-14-5-4-12(10-13(14)11-16-17)15(19)6-9-18-7-2-3-8-18;11-6-1-2-7-5(3-6)4-8(16-7)10(12,13)9(14)15;1-2/h4-5,10-11,15,19H,2-3,6-9H2,1H3;1-4H,(H2,14,15);1-2H3. The van der Waals surface area contributed by atoms with Crippen LogP contribution in [0.2, 0.25) is 5.02 Å². The van der Waals surface area contributed by atoms with Crippen LogP contribution in [0.3, 0.4) is 0 Å². The number of amides is 1. The largest absolute Gasteiger partial charge is 0.454 e. The van der Waals surface area contributed by atoms with Gasteiger partial charge in [0, 0.05) is 29.4 Å². The Kier molecular flexibility index (Phi) is 9.64. The van der Waals surface area contributed by atoms with E-state index in [1.807, 2.05) is 43.9 Å². The zero-order valence-corrected chi connectivity index (χ0v) is 22.0. The van der Waals surface area contributed by atoms with Gasteiger partial charge in [0.25, 0.3) is 5.91 Å². The zero-order valence-electron chi connectivity index (χ0n) is 21.3. The van der Waals surface area contributed by atoms with E-state index in [-0.39, 0.29) is 11.7 Å². The summed E-state index contributed by atoms with van der Waals surface area (Å²) < 4.78 is 33.1. The maximum absolute atomic E-state index is 13.2. The van der Waals surface area contributed by atoms with Crippen LogP contribution in [0.25, 0.3) is 21.9 Å². The maximum atomic E-state index is 13.2. The number of aliphatic hydroxyl groups excluding tert-OH is 1. The highest BCUT2D eigenvalue weighted by molar-refractivity contribution is 6.31. The fourth-order valence-electron chi connectivity index (χ4n) is 4.16. The molecular weight excluding hydrogens is 502 g/mol. The molecule has 0 aliphatic carbocycles. The van der Waals surface area contributed by atoms with E-state index in [2.05, 4.69) is 21.8 Å². The van der Waals surface area contributed by atoms with Gasteiger partial charge in [0.2, 0.25) is 0 Å². The second kappa shape index (κ2) is 12.5. The smallest absolute Gasteiger partial charge is 0.380 e.